The molecule has 3 aromatic carbocycles. The molecule has 2 aliphatic heterocycles. The lowest BCUT2D eigenvalue weighted by molar-refractivity contribution is -0.160. The van der Waals surface area contributed by atoms with E-state index in [-0.39, 0.29) is 55.0 Å². The highest BCUT2D eigenvalue weighted by Gasteiger charge is 2.53. The molecule has 0 aromatic heterocycles. The third kappa shape index (κ3) is 8.77. The molecule has 0 radical (unpaired) electrons. The van der Waals surface area contributed by atoms with Gasteiger partial charge in [-0.25, -0.2) is 24.0 Å². The van der Waals surface area contributed by atoms with Gasteiger partial charge in [-0.2, -0.15) is 0 Å². The Labute approximate surface area is 313 Å². The molecule has 0 aliphatic carbocycles. The van der Waals surface area contributed by atoms with E-state index >= 15 is 0 Å². The van der Waals surface area contributed by atoms with Crippen LogP contribution in [0.1, 0.15) is 67.6 Å². The number of carbonyl (C=O) groups is 7. The van der Waals surface area contributed by atoms with Crippen molar-refractivity contribution in [3.8, 4) is 23.0 Å². The van der Waals surface area contributed by atoms with Crippen molar-refractivity contribution < 1.29 is 80.9 Å². The number of ether oxygens (including phenoxy) is 10. The summed E-state index contributed by atoms with van der Waals surface area (Å²) in [5.41, 5.74) is -0.199. The molecule has 2 heterocycles. The highest BCUT2D eigenvalue weighted by Crippen LogP contribution is 2.57. The summed E-state index contributed by atoms with van der Waals surface area (Å²) >= 11 is 0. The van der Waals surface area contributed by atoms with Crippen LogP contribution in [0.25, 0.3) is 0 Å². The first-order valence-electron chi connectivity index (χ1n) is 17.1. The smallest absolute Gasteiger partial charge is 0.466 e. The van der Waals surface area contributed by atoms with Crippen molar-refractivity contribution in [3.63, 3.8) is 0 Å². The SMILES string of the molecule is CCOC(=O)C[C@H](OC(=O)Oc1ccc2c(c1)Oc1cc(OC(=O)O[C@@H](CC(=O)OCC)C(=O)OCC)ccc1C21OC(=O)c2ccccc21)C(=O)OCC. The van der Waals surface area contributed by atoms with Gasteiger partial charge in [0.15, 0.2) is 5.60 Å². The molecule has 0 saturated carbocycles. The summed E-state index contributed by atoms with van der Waals surface area (Å²) in [7, 11) is 0. The lowest BCUT2D eigenvalue weighted by Gasteiger charge is -2.36. The van der Waals surface area contributed by atoms with Gasteiger partial charge in [-0.1, -0.05) is 18.2 Å². The normalized spacial score (nSPS) is 13.9. The van der Waals surface area contributed by atoms with Crippen molar-refractivity contribution in [2.75, 3.05) is 26.4 Å². The van der Waals surface area contributed by atoms with Crippen LogP contribution in [0, 0.1) is 0 Å². The zero-order chi connectivity index (χ0) is 39.7. The van der Waals surface area contributed by atoms with E-state index in [4.69, 9.17) is 47.4 Å². The molecule has 0 unspecified atom stereocenters. The summed E-state index contributed by atoms with van der Waals surface area (Å²) in [5.74, 6) is -4.43. The number of hydrogen-bond acceptors (Lipinski definition) is 17. The van der Waals surface area contributed by atoms with Gasteiger partial charge in [0.05, 0.1) is 44.8 Å². The van der Waals surface area contributed by atoms with Crippen LogP contribution in [-0.2, 0) is 57.9 Å². The first-order chi connectivity index (χ1) is 26.4. The fourth-order valence-corrected chi connectivity index (χ4v) is 5.80. The number of carbonyl (C=O) groups excluding carboxylic acids is 7. The number of benzene rings is 3. The number of fused-ring (bicyclic) bond motifs is 6. The van der Waals surface area contributed by atoms with Gasteiger partial charge in [-0.3, -0.25) is 9.59 Å². The molecule has 2 aliphatic rings. The first-order valence-corrected chi connectivity index (χ1v) is 17.1. The molecular weight excluding hydrogens is 728 g/mol. The molecule has 0 amide bonds. The fourth-order valence-electron chi connectivity index (χ4n) is 5.80. The fraction of sp³-hybridized carbons (Fsp3) is 0.342. The van der Waals surface area contributed by atoms with E-state index in [1.54, 1.807) is 38.1 Å². The average molecular weight is 765 g/mol. The van der Waals surface area contributed by atoms with E-state index in [1.807, 2.05) is 0 Å². The number of esters is 5. The maximum absolute atomic E-state index is 13.3. The highest BCUT2D eigenvalue weighted by molar-refractivity contribution is 5.97. The third-order valence-corrected chi connectivity index (χ3v) is 7.95. The molecule has 17 heteroatoms. The van der Waals surface area contributed by atoms with Gasteiger partial charge in [-0.15, -0.1) is 0 Å². The predicted octanol–water partition coefficient (Wildman–Crippen LogP) is 5.06. The maximum Gasteiger partial charge on any atom is 0.514 e. The van der Waals surface area contributed by atoms with E-state index < -0.39 is 72.8 Å². The van der Waals surface area contributed by atoms with Gasteiger partial charge in [0, 0.05) is 28.8 Å². The number of hydrogen-bond donors (Lipinski definition) is 0. The van der Waals surface area contributed by atoms with Gasteiger partial charge in [0.25, 0.3) is 0 Å². The average Bonchev–Trinajstić information content (AvgIpc) is 3.43. The number of rotatable bonds is 14. The first kappa shape index (κ1) is 39.6. The molecule has 290 valence electrons. The van der Waals surface area contributed by atoms with Crippen LogP contribution in [0.2, 0.25) is 0 Å². The minimum atomic E-state index is -1.66. The van der Waals surface area contributed by atoms with Gasteiger partial charge in [0.1, 0.15) is 23.0 Å². The molecule has 0 saturated heterocycles. The lowest BCUT2D eigenvalue weighted by Crippen LogP contribution is -2.34. The lowest BCUT2D eigenvalue weighted by atomic mass is 9.77. The minimum absolute atomic E-state index is 0.0309. The van der Waals surface area contributed by atoms with Crippen LogP contribution >= 0.6 is 0 Å². The Morgan fingerprint density at radius 3 is 1.51 bits per heavy atom. The maximum atomic E-state index is 13.3. The quantitative estimate of drug-likeness (QED) is 0.119. The molecule has 55 heavy (non-hydrogen) atoms. The van der Waals surface area contributed by atoms with Crippen molar-refractivity contribution in [2.45, 2.75) is 58.3 Å². The summed E-state index contributed by atoms with van der Waals surface area (Å²) in [4.78, 5) is 87.9. The van der Waals surface area contributed by atoms with Gasteiger partial charge in [0.2, 0.25) is 12.2 Å². The molecule has 0 bridgehead atoms. The van der Waals surface area contributed by atoms with Crippen LogP contribution in [0.3, 0.4) is 0 Å². The Morgan fingerprint density at radius 1 is 0.600 bits per heavy atom. The van der Waals surface area contributed by atoms with E-state index in [2.05, 4.69) is 0 Å². The summed E-state index contributed by atoms with van der Waals surface area (Å²) in [6, 6.07) is 15.0. The molecule has 17 nitrogen and oxygen atoms in total. The monoisotopic (exact) mass is 764 g/mol. The summed E-state index contributed by atoms with van der Waals surface area (Å²) < 4.78 is 52.7. The Morgan fingerprint density at radius 2 is 1.05 bits per heavy atom. The van der Waals surface area contributed by atoms with E-state index in [0.717, 1.165) is 0 Å². The van der Waals surface area contributed by atoms with Crippen LogP contribution in [0.5, 0.6) is 23.0 Å². The van der Waals surface area contributed by atoms with E-state index in [1.165, 1.54) is 50.2 Å². The molecule has 1 spiro atoms. The van der Waals surface area contributed by atoms with Crippen LogP contribution in [0.15, 0.2) is 60.7 Å². The van der Waals surface area contributed by atoms with E-state index in [0.29, 0.717) is 16.7 Å². The molecule has 5 rings (SSSR count). The third-order valence-electron chi connectivity index (χ3n) is 7.95. The van der Waals surface area contributed by atoms with Crippen LogP contribution in [0.4, 0.5) is 9.59 Å². The summed E-state index contributed by atoms with van der Waals surface area (Å²) in [6.45, 7) is 6.17. The van der Waals surface area contributed by atoms with Crippen LogP contribution < -0.4 is 14.2 Å². The zero-order valence-electron chi connectivity index (χ0n) is 30.1. The second kappa shape index (κ2) is 17.5. The highest BCUT2D eigenvalue weighted by atomic mass is 16.7. The van der Waals surface area contributed by atoms with Crippen molar-refractivity contribution in [3.05, 3.63) is 82.9 Å². The molecule has 2 atom stereocenters. The Hall–Kier alpha value is -6.65. The van der Waals surface area contributed by atoms with Crippen molar-refractivity contribution in [1.82, 2.24) is 0 Å². The summed E-state index contributed by atoms with van der Waals surface area (Å²) in [5, 5.41) is 0. The molecular formula is C38H36O17. The molecule has 0 N–H and O–H groups in total. The second-order valence-corrected chi connectivity index (χ2v) is 11.5. The minimum Gasteiger partial charge on any atom is -0.466 e. The standard InChI is InChI=1S/C38H36O17/c1-5-46-31(39)19-29(34(42)48-7-3)53-36(44)50-21-13-15-25-27(17-21)52-28-18-22(51-37(45)54-30(35(43)49-8-4)20-32(40)47-6-2)14-16-26(28)38(25)24-12-10-9-11-23(24)33(41)55-38/h9-18,29-30H,5-8,19-20H2,1-4H3/t29-,30-/m0/s1. The zero-order valence-corrected chi connectivity index (χ0v) is 30.1. The largest absolute Gasteiger partial charge is 0.514 e. The summed E-state index contributed by atoms with van der Waals surface area (Å²) in [6.07, 6.45) is -7.27. The van der Waals surface area contributed by atoms with E-state index in [9.17, 15) is 33.6 Å². The van der Waals surface area contributed by atoms with Gasteiger partial charge >= 0.3 is 42.2 Å². The Kier molecular flexibility index (Phi) is 12.5. The van der Waals surface area contributed by atoms with Crippen molar-refractivity contribution in [1.29, 1.82) is 0 Å². The van der Waals surface area contributed by atoms with Gasteiger partial charge < -0.3 is 47.4 Å². The molecule has 0 fully saturated rings. The second-order valence-electron chi connectivity index (χ2n) is 11.5. The predicted molar refractivity (Wildman–Crippen MR) is 182 cm³/mol. The molecule has 3 aromatic rings. The van der Waals surface area contributed by atoms with Gasteiger partial charge in [-0.05, 0) is 58.0 Å². The van der Waals surface area contributed by atoms with Crippen molar-refractivity contribution >= 4 is 42.2 Å². The Bertz CT molecular complexity index is 1880. The topological polar surface area (TPSA) is 212 Å². The van der Waals surface area contributed by atoms with Crippen molar-refractivity contribution in [2.24, 2.45) is 0 Å². The van der Waals surface area contributed by atoms with Crippen LogP contribution in [-0.4, -0.2) is 80.8 Å². The Balaban J connectivity index is 1.44.